The maximum absolute atomic E-state index is 13.5. The monoisotopic (exact) mass is 266 g/mol. The van der Waals surface area contributed by atoms with Gasteiger partial charge in [0.15, 0.2) is 11.6 Å². The van der Waals surface area contributed by atoms with Crippen LogP contribution in [-0.4, -0.2) is 31.0 Å². The minimum Gasteiger partial charge on any atom is -0.494 e. The average Bonchev–Trinajstić information content (AvgIpc) is 2.34. The van der Waals surface area contributed by atoms with Crippen molar-refractivity contribution in [3.63, 3.8) is 0 Å². The van der Waals surface area contributed by atoms with Gasteiger partial charge in [0, 0.05) is 25.6 Å². The summed E-state index contributed by atoms with van der Waals surface area (Å²) < 4.78 is 18.4. The van der Waals surface area contributed by atoms with Crippen LogP contribution in [0.5, 0.6) is 5.75 Å². The van der Waals surface area contributed by atoms with E-state index in [4.69, 9.17) is 10.5 Å². The molecule has 1 aromatic carbocycles. The van der Waals surface area contributed by atoms with Crippen LogP contribution in [0.15, 0.2) is 18.2 Å². The minimum atomic E-state index is -0.411. The Bertz CT molecular complexity index is 473. The molecule has 19 heavy (non-hydrogen) atoms. The van der Waals surface area contributed by atoms with Crippen LogP contribution >= 0.6 is 0 Å². The van der Waals surface area contributed by atoms with Crippen LogP contribution in [0.2, 0.25) is 0 Å². The molecule has 1 saturated carbocycles. The first-order chi connectivity index (χ1) is 9.01. The Morgan fingerprint density at radius 1 is 1.53 bits per heavy atom. The van der Waals surface area contributed by atoms with Gasteiger partial charge in [0.05, 0.1) is 7.11 Å². The summed E-state index contributed by atoms with van der Waals surface area (Å²) in [6.07, 6.45) is 1.50. The molecule has 0 atom stereocenters. The first-order valence-corrected chi connectivity index (χ1v) is 6.34. The Hall–Kier alpha value is -1.62. The van der Waals surface area contributed by atoms with Crippen LogP contribution in [0.4, 0.5) is 4.39 Å². The summed E-state index contributed by atoms with van der Waals surface area (Å²) in [7, 11) is 3.15. The molecule has 1 aliphatic carbocycles. The molecule has 1 amide bonds. The Morgan fingerprint density at radius 3 is 2.74 bits per heavy atom. The van der Waals surface area contributed by atoms with Crippen LogP contribution in [0.1, 0.15) is 18.4 Å². The lowest BCUT2D eigenvalue weighted by Gasteiger charge is -2.34. The van der Waals surface area contributed by atoms with E-state index < -0.39 is 5.82 Å². The third-order valence-corrected chi connectivity index (χ3v) is 3.54. The van der Waals surface area contributed by atoms with Crippen LogP contribution in [0, 0.1) is 11.7 Å². The van der Waals surface area contributed by atoms with E-state index in [-0.39, 0.29) is 23.6 Å². The van der Waals surface area contributed by atoms with Gasteiger partial charge in [0.1, 0.15) is 0 Å². The Morgan fingerprint density at radius 2 is 2.21 bits per heavy atom. The number of carbonyl (C=O) groups excluding carboxylic acids is 1. The molecule has 0 bridgehead atoms. The van der Waals surface area contributed by atoms with Gasteiger partial charge in [0.25, 0.3) is 0 Å². The molecule has 0 radical (unpaired) electrons. The quantitative estimate of drug-likeness (QED) is 0.899. The van der Waals surface area contributed by atoms with Gasteiger partial charge < -0.3 is 15.4 Å². The van der Waals surface area contributed by atoms with E-state index in [9.17, 15) is 9.18 Å². The van der Waals surface area contributed by atoms with Crippen LogP contribution < -0.4 is 10.5 Å². The predicted octanol–water partition coefficient (Wildman–Crippen LogP) is 1.53. The molecule has 4 nitrogen and oxygen atoms in total. The first kappa shape index (κ1) is 13.8. The molecule has 1 fully saturated rings. The SMILES string of the molecule is COc1ccc(CN(C)C(=O)C2CC(N)C2)cc1F. The fourth-order valence-electron chi connectivity index (χ4n) is 2.34. The van der Waals surface area contributed by atoms with E-state index >= 15 is 0 Å². The van der Waals surface area contributed by atoms with Gasteiger partial charge in [-0.05, 0) is 30.5 Å². The summed E-state index contributed by atoms with van der Waals surface area (Å²) in [5.41, 5.74) is 6.42. The van der Waals surface area contributed by atoms with E-state index in [2.05, 4.69) is 0 Å². The van der Waals surface area contributed by atoms with Crippen molar-refractivity contribution >= 4 is 5.91 Å². The van der Waals surface area contributed by atoms with Crippen LogP contribution in [0.25, 0.3) is 0 Å². The second-order valence-corrected chi connectivity index (χ2v) is 5.09. The lowest BCUT2D eigenvalue weighted by molar-refractivity contribution is -0.137. The molecule has 0 saturated heterocycles. The van der Waals surface area contributed by atoms with Gasteiger partial charge >= 0.3 is 0 Å². The zero-order valence-electron chi connectivity index (χ0n) is 11.2. The fourth-order valence-corrected chi connectivity index (χ4v) is 2.34. The number of nitrogens with zero attached hydrogens (tertiary/aromatic N) is 1. The van der Waals surface area contributed by atoms with E-state index in [1.54, 1.807) is 24.1 Å². The number of rotatable bonds is 4. The van der Waals surface area contributed by atoms with Crippen molar-refractivity contribution in [2.45, 2.75) is 25.4 Å². The number of methoxy groups -OCH3 is 1. The molecule has 2 N–H and O–H groups in total. The smallest absolute Gasteiger partial charge is 0.225 e. The third-order valence-electron chi connectivity index (χ3n) is 3.54. The average molecular weight is 266 g/mol. The van der Waals surface area contributed by atoms with Gasteiger partial charge in [-0.2, -0.15) is 0 Å². The Balaban J connectivity index is 1.96. The summed E-state index contributed by atoms with van der Waals surface area (Å²) in [6.45, 7) is 0.394. The van der Waals surface area contributed by atoms with Crippen LogP contribution in [0.3, 0.4) is 0 Å². The maximum atomic E-state index is 13.5. The van der Waals surface area contributed by atoms with Crippen molar-refractivity contribution in [1.29, 1.82) is 0 Å². The summed E-state index contributed by atoms with van der Waals surface area (Å²) >= 11 is 0. The number of amides is 1. The number of halogens is 1. The van der Waals surface area contributed by atoms with Crippen molar-refractivity contribution in [2.24, 2.45) is 11.7 Å². The summed E-state index contributed by atoms with van der Waals surface area (Å²) in [5.74, 6) is -0.0877. The van der Waals surface area contributed by atoms with Crippen LogP contribution in [-0.2, 0) is 11.3 Å². The molecule has 0 aromatic heterocycles. The third kappa shape index (κ3) is 3.04. The standard InChI is InChI=1S/C14H19FN2O2/c1-17(14(18)10-6-11(16)7-10)8-9-3-4-13(19-2)12(15)5-9/h3-5,10-11H,6-8,16H2,1-2H3. The topological polar surface area (TPSA) is 55.6 Å². The van der Waals surface area contributed by atoms with Crippen molar-refractivity contribution in [3.8, 4) is 5.75 Å². The van der Waals surface area contributed by atoms with Crippen molar-refractivity contribution < 1.29 is 13.9 Å². The molecule has 1 aliphatic rings. The highest BCUT2D eigenvalue weighted by Crippen LogP contribution is 2.28. The van der Waals surface area contributed by atoms with Gasteiger partial charge in [-0.1, -0.05) is 6.07 Å². The lowest BCUT2D eigenvalue weighted by Crippen LogP contribution is -2.45. The number of ether oxygens (including phenoxy) is 1. The summed E-state index contributed by atoms with van der Waals surface area (Å²) in [4.78, 5) is 13.7. The van der Waals surface area contributed by atoms with Gasteiger partial charge in [-0.25, -0.2) is 4.39 Å². The number of hydrogen-bond acceptors (Lipinski definition) is 3. The number of hydrogen-bond donors (Lipinski definition) is 1. The predicted molar refractivity (Wildman–Crippen MR) is 70.1 cm³/mol. The molecule has 1 aromatic rings. The molecule has 0 unspecified atom stereocenters. The second kappa shape index (κ2) is 5.57. The zero-order valence-corrected chi connectivity index (χ0v) is 11.2. The molecule has 0 spiro atoms. The van der Waals surface area contributed by atoms with E-state index in [0.29, 0.717) is 6.54 Å². The highest BCUT2D eigenvalue weighted by atomic mass is 19.1. The molecule has 104 valence electrons. The van der Waals surface area contributed by atoms with Crippen molar-refractivity contribution in [1.82, 2.24) is 4.90 Å². The van der Waals surface area contributed by atoms with Gasteiger partial charge in [-0.15, -0.1) is 0 Å². The minimum absolute atomic E-state index is 0.0306. The van der Waals surface area contributed by atoms with Crippen molar-refractivity contribution in [2.75, 3.05) is 14.2 Å². The zero-order chi connectivity index (χ0) is 14.0. The molecule has 2 rings (SSSR count). The molecular formula is C14H19FN2O2. The Labute approximate surface area is 112 Å². The molecule has 5 heteroatoms. The van der Waals surface area contributed by atoms with E-state index in [1.165, 1.54) is 13.2 Å². The highest BCUT2D eigenvalue weighted by molar-refractivity contribution is 5.79. The maximum Gasteiger partial charge on any atom is 0.225 e. The number of carbonyl (C=O) groups is 1. The van der Waals surface area contributed by atoms with Gasteiger partial charge in [0.2, 0.25) is 5.91 Å². The summed E-state index contributed by atoms with van der Waals surface area (Å²) in [5, 5.41) is 0. The molecule has 0 aliphatic heterocycles. The lowest BCUT2D eigenvalue weighted by atomic mass is 9.80. The van der Waals surface area contributed by atoms with E-state index in [0.717, 1.165) is 18.4 Å². The first-order valence-electron chi connectivity index (χ1n) is 6.34. The number of benzene rings is 1. The second-order valence-electron chi connectivity index (χ2n) is 5.09. The number of nitrogens with two attached hydrogens (primary N) is 1. The Kier molecular flexibility index (Phi) is 4.04. The highest BCUT2D eigenvalue weighted by Gasteiger charge is 2.33. The van der Waals surface area contributed by atoms with Crippen molar-refractivity contribution in [3.05, 3.63) is 29.6 Å². The summed E-state index contributed by atoms with van der Waals surface area (Å²) in [6, 6.07) is 4.89. The molecular weight excluding hydrogens is 247 g/mol. The molecule has 0 heterocycles. The van der Waals surface area contributed by atoms with Gasteiger partial charge in [-0.3, -0.25) is 4.79 Å². The van der Waals surface area contributed by atoms with E-state index in [1.807, 2.05) is 0 Å². The largest absolute Gasteiger partial charge is 0.494 e. The normalized spacial score (nSPS) is 21.7. The fraction of sp³-hybridized carbons (Fsp3) is 0.500.